The van der Waals surface area contributed by atoms with E-state index < -0.39 is 0 Å². The van der Waals surface area contributed by atoms with Gasteiger partial charge in [-0.15, -0.1) is 11.3 Å². The van der Waals surface area contributed by atoms with E-state index in [2.05, 4.69) is 23.7 Å². The molecule has 1 aliphatic carbocycles. The summed E-state index contributed by atoms with van der Waals surface area (Å²) in [5, 5.41) is 0. The SMILES string of the molecule is Cc1cc(C)c(CN2CCCc3sc(C(C)C4CCN(CC5CCCC5)CC4)c(C)c3C2=O)c(=O)[nH]1. The van der Waals surface area contributed by atoms with Crippen molar-refractivity contribution in [3.8, 4) is 0 Å². The van der Waals surface area contributed by atoms with Gasteiger partial charge in [0.1, 0.15) is 0 Å². The number of carbonyl (C=O) groups excluding carboxylic acids is 1. The van der Waals surface area contributed by atoms with Crippen molar-refractivity contribution in [2.75, 3.05) is 26.2 Å². The van der Waals surface area contributed by atoms with Gasteiger partial charge in [-0.2, -0.15) is 0 Å². The summed E-state index contributed by atoms with van der Waals surface area (Å²) in [7, 11) is 0. The highest BCUT2D eigenvalue weighted by atomic mass is 32.1. The highest BCUT2D eigenvalue weighted by molar-refractivity contribution is 7.12. The highest BCUT2D eigenvalue weighted by Gasteiger charge is 2.33. The molecule has 36 heavy (non-hydrogen) atoms. The Bertz CT molecular complexity index is 1150. The number of aromatic amines is 1. The van der Waals surface area contributed by atoms with Crippen LogP contribution in [0.3, 0.4) is 0 Å². The molecule has 1 saturated heterocycles. The van der Waals surface area contributed by atoms with Crippen molar-refractivity contribution < 1.29 is 4.79 Å². The number of nitrogens with zero attached hydrogens (tertiary/aromatic N) is 2. The molecule has 6 heteroatoms. The minimum atomic E-state index is -0.0691. The molecule has 4 heterocycles. The standard InChI is InChI=1S/C30H43N3O2S/c1-19-16-20(2)31-29(34)25(19)18-33-13-7-10-26-27(30(33)35)22(4)28(36-26)21(3)24-11-14-32(15-12-24)17-23-8-5-6-9-23/h16,21,23-24H,5-15,17-18H2,1-4H3,(H,31,34). The third-order valence-electron chi connectivity index (χ3n) is 9.18. The van der Waals surface area contributed by atoms with Crippen LogP contribution < -0.4 is 5.56 Å². The average Bonchev–Trinajstić information content (AvgIpc) is 3.43. The van der Waals surface area contributed by atoms with E-state index in [-0.39, 0.29) is 11.5 Å². The Morgan fingerprint density at radius 2 is 1.75 bits per heavy atom. The number of aryl methyl sites for hydroxylation is 3. The number of rotatable bonds is 6. The lowest BCUT2D eigenvalue weighted by atomic mass is 9.83. The summed E-state index contributed by atoms with van der Waals surface area (Å²) in [5.74, 6) is 2.24. The van der Waals surface area contributed by atoms with Gasteiger partial charge in [-0.1, -0.05) is 19.8 Å². The molecular weight excluding hydrogens is 466 g/mol. The molecule has 1 unspecified atom stereocenters. The molecule has 2 aromatic rings. The van der Waals surface area contributed by atoms with Crippen molar-refractivity contribution in [3.05, 3.63) is 54.1 Å². The van der Waals surface area contributed by atoms with Crippen LogP contribution in [0.1, 0.15) is 100 Å². The fourth-order valence-corrected chi connectivity index (χ4v) is 8.49. The van der Waals surface area contributed by atoms with Gasteiger partial charge in [-0.25, -0.2) is 0 Å². The maximum Gasteiger partial charge on any atom is 0.255 e. The fraction of sp³-hybridized carbons (Fsp3) is 0.667. The quantitative estimate of drug-likeness (QED) is 0.523. The van der Waals surface area contributed by atoms with Crippen molar-refractivity contribution in [1.82, 2.24) is 14.8 Å². The molecule has 1 amide bonds. The summed E-state index contributed by atoms with van der Waals surface area (Å²) < 4.78 is 0. The first kappa shape index (κ1) is 25.7. The molecule has 2 fully saturated rings. The number of amides is 1. The number of hydrogen-bond acceptors (Lipinski definition) is 4. The molecule has 0 aromatic carbocycles. The Hall–Kier alpha value is -1.92. The van der Waals surface area contributed by atoms with E-state index in [0.29, 0.717) is 30.5 Å². The number of piperidine rings is 1. The molecule has 0 bridgehead atoms. The van der Waals surface area contributed by atoms with Crippen molar-refractivity contribution >= 4 is 17.2 Å². The molecule has 1 N–H and O–H groups in total. The molecule has 0 radical (unpaired) electrons. The molecule has 1 saturated carbocycles. The van der Waals surface area contributed by atoms with Crippen LogP contribution in [0.5, 0.6) is 0 Å². The van der Waals surface area contributed by atoms with Crippen LogP contribution in [0.15, 0.2) is 10.9 Å². The molecule has 0 spiro atoms. The van der Waals surface area contributed by atoms with Gasteiger partial charge in [0, 0.05) is 34.1 Å². The maximum absolute atomic E-state index is 13.8. The number of fused-ring (bicyclic) bond motifs is 1. The smallest absolute Gasteiger partial charge is 0.255 e. The zero-order valence-electron chi connectivity index (χ0n) is 22.6. The number of hydrogen-bond donors (Lipinski definition) is 1. The normalized spacial score (nSPS) is 21.1. The highest BCUT2D eigenvalue weighted by Crippen LogP contribution is 2.42. The van der Waals surface area contributed by atoms with Gasteiger partial charge in [0.15, 0.2) is 0 Å². The fourth-order valence-electron chi connectivity index (χ4n) is 7.00. The Balaban J connectivity index is 1.29. The van der Waals surface area contributed by atoms with Crippen LogP contribution in [0, 0.1) is 32.6 Å². The minimum Gasteiger partial charge on any atom is -0.334 e. The summed E-state index contributed by atoms with van der Waals surface area (Å²) in [4.78, 5) is 36.6. The largest absolute Gasteiger partial charge is 0.334 e. The van der Waals surface area contributed by atoms with Crippen LogP contribution in [0.25, 0.3) is 0 Å². The number of nitrogens with one attached hydrogen (secondary N) is 1. The average molecular weight is 510 g/mol. The first-order valence-corrected chi connectivity index (χ1v) is 15.0. The van der Waals surface area contributed by atoms with Crippen LogP contribution in [-0.2, 0) is 13.0 Å². The van der Waals surface area contributed by atoms with Crippen LogP contribution in [-0.4, -0.2) is 46.9 Å². The van der Waals surface area contributed by atoms with Gasteiger partial charge in [-0.05, 0) is 107 Å². The van der Waals surface area contributed by atoms with E-state index in [0.717, 1.165) is 35.6 Å². The van der Waals surface area contributed by atoms with Crippen molar-refractivity contribution in [2.24, 2.45) is 11.8 Å². The number of H-pyrrole nitrogens is 1. The first-order chi connectivity index (χ1) is 17.3. The van der Waals surface area contributed by atoms with E-state index >= 15 is 0 Å². The molecular formula is C30H43N3O2S. The van der Waals surface area contributed by atoms with Gasteiger partial charge in [0.25, 0.3) is 11.5 Å². The number of likely N-dealkylation sites (tertiary alicyclic amines) is 1. The van der Waals surface area contributed by atoms with Gasteiger partial charge in [0.05, 0.1) is 12.1 Å². The van der Waals surface area contributed by atoms with E-state index in [4.69, 9.17) is 0 Å². The Kier molecular flexibility index (Phi) is 7.73. The molecule has 2 aromatic heterocycles. The first-order valence-electron chi connectivity index (χ1n) is 14.1. The summed E-state index contributed by atoms with van der Waals surface area (Å²) in [6.07, 6.45) is 10.2. The molecule has 1 atom stereocenters. The predicted molar refractivity (Wildman–Crippen MR) is 148 cm³/mol. The molecule has 3 aliphatic rings. The Morgan fingerprint density at radius 3 is 2.44 bits per heavy atom. The lowest BCUT2D eigenvalue weighted by Gasteiger charge is -2.36. The number of thiophene rings is 1. The van der Waals surface area contributed by atoms with Gasteiger partial charge < -0.3 is 14.8 Å². The van der Waals surface area contributed by atoms with Crippen molar-refractivity contribution in [2.45, 2.75) is 91.5 Å². The summed E-state index contributed by atoms with van der Waals surface area (Å²) in [6, 6.07) is 2.00. The summed E-state index contributed by atoms with van der Waals surface area (Å²) in [6.45, 7) is 13.3. The van der Waals surface area contributed by atoms with Crippen LogP contribution in [0.2, 0.25) is 0 Å². The van der Waals surface area contributed by atoms with Crippen LogP contribution >= 0.6 is 11.3 Å². The Labute approximate surface area is 220 Å². The van der Waals surface area contributed by atoms with E-state index in [9.17, 15) is 9.59 Å². The molecule has 5 nitrogen and oxygen atoms in total. The zero-order valence-corrected chi connectivity index (χ0v) is 23.4. The topological polar surface area (TPSA) is 56.4 Å². The number of carbonyl (C=O) groups is 1. The maximum atomic E-state index is 13.8. The monoisotopic (exact) mass is 509 g/mol. The second-order valence-corrected chi connectivity index (χ2v) is 12.9. The Morgan fingerprint density at radius 1 is 1.03 bits per heavy atom. The molecule has 196 valence electrons. The summed E-state index contributed by atoms with van der Waals surface area (Å²) >= 11 is 1.90. The van der Waals surface area contributed by atoms with Gasteiger partial charge in [-0.3, -0.25) is 9.59 Å². The van der Waals surface area contributed by atoms with Crippen LogP contribution in [0.4, 0.5) is 0 Å². The third-order valence-corrected chi connectivity index (χ3v) is 10.7. The van der Waals surface area contributed by atoms with Gasteiger partial charge in [0.2, 0.25) is 0 Å². The molecule has 5 rings (SSSR count). The number of pyridine rings is 1. The van der Waals surface area contributed by atoms with E-state index in [1.807, 2.05) is 36.2 Å². The minimum absolute atomic E-state index is 0.0691. The number of aromatic nitrogens is 1. The predicted octanol–water partition coefficient (Wildman–Crippen LogP) is 5.96. The molecule has 2 aliphatic heterocycles. The lowest BCUT2D eigenvalue weighted by molar-refractivity contribution is 0.0747. The van der Waals surface area contributed by atoms with E-state index in [1.165, 1.54) is 73.5 Å². The lowest BCUT2D eigenvalue weighted by Crippen LogP contribution is -2.37. The second-order valence-electron chi connectivity index (χ2n) is 11.7. The van der Waals surface area contributed by atoms with E-state index in [1.54, 1.807) is 0 Å². The van der Waals surface area contributed by atoms with Crippen molar-refractivity contribution in [3.63, 3.8) is 0 Å². The van der Waals surface area contributed by atoms with Gasteiger partial charge >= 0.3 is 0 Å². The summed E-state index contributed by atoms with van der Waals surface area (Å²) in [5.41, 5.74) is 4.59. The third kappa shape index (κ3) is 5.22. The van der Waals surface area contributed by atoms with Crippen molar-refractivity contribution in [1.29, 1.82) is 0 Å². The second kappa shape index (κ2) is 10.8. The zero-order chi connectivity index (χ0) is 25.4.